The molecular formula is C8H16N2S. The summed E-state index contributed by atoms with van der Waals surface area (Å²) in [7, 11) is 2.07. The first kappa shape index (κ1) is 10.8. The molecule has 0 spiro atoms. The van der Waals surface area contributed by atoms with Crippen LogP contribution in [-0.4, -0.2) is 36.5 Å². The molecule has 0 rings (SSSR count). The summed E-state index contributed by atoms with van der Waals surface area (Å²) in [6, 6.07) is 2.73. The summed E-state index contributed by atoms with van der Waals surface area (Å²) in [6.45, 7) is 3.08. The molecule has 0 aliphatic carbocycles. The lowest BCUT2D eigenvalue weighted by atomic mass is 10.3. The number of rotatable bonds is 5. The Morgan fingerprint density at radius 1 is 1.64 bits per heavy atom. The summed E-state index contributed by atoms with van der Waals surface area (Å²) in [5.41, 5.74) is 0. The topological polar surface area (TPSA) is 27.0 Å². The molecule has 0 saturated carbocycles. The Bertz CT molecular complexity index is 131. The van der Waals surface area contributed by atoms with Gasteiger partial charge in [0.2, 0.25) is 0 Å². The summed E-state index contributed by atoms with van der Waals surface area (Å²) in [5, 5.41) is 8.34. The first-order chi connectivity index (χ1) is 5.22. The monoisotopic (exact) mass is 172 g/mol. The van der Waals surface area contributed by atoms with E-state index < -0.39 is 0 Å². The molecule has 0 bridgehead atoms. The van der Waals surface area contributed by atoms with Crippen molar-refractivity contribution in [2.24, 2.45) is 0 Å². The molecule has 0 fully saturated rings. The molecule has 0 amide bonds. The highest BCUT2D eigenvalue weighted by atomic mass is 32.2. The van der Waals surface area contributed by atoms with E-state index in [0.29, 0.717) is 12.5 Å². The Hall–Kier alpha value is -0.200. The van der Waals surface area contributed by atoms with Gasteiger partial charge in [0.25, 0.3) is 0 Å². The van der Waals surface area contributed by atoms with Crippen molar-refractivity contribution >= 4 is 11.8 Å². The maximum atomic E-state index is 8.34. The number of nitrogens with zero attached hydrogens (tertiary/aromatic N) is 2. The van der Waals surface area contributed by atoms with E-state index in [1.165, 1.54) is 0 Å². The SMILES string of the molecule is CSCC(C)N(C)CCC#N. The van der Waals surface area contributed by atoms with Crippen LogP contribution in [0.1, 0.15) is 13.3 Å². The summed E-state index contributed by atoms with van der Waals surface area (Å²) >= 11 is 1.85. The second-order valence-electron chi connectivity index (χ2n) is 2.69. The van der Waals surface area contributed by atoms with Crippen LogP contribution in [-0.2, 0) is 0 Å². The van der Waals surface area contributed by atoms with Crippen molar-refractivity contribution in [3.8, 4) is 6.07 Å². The summed E-state index contributed by atoms with van der Waals surface area (Å²) < 4.78 is 0. The van der Waals surface area contributed by atoms with Crippen LogP contribution in [0.5, 0.6) is 0 Å². The van der Waals surface area contributed by atoms with Crippen molar-refractivity contribution in [2.75, 3.05) is 25.6 Å². The van der Waals surface area contributed by atoms with Gasteiger partial charge in [0, 0.05) is 24.8 Å². The van der Waals surface area contributed by atoms with Crippen LogP contribution in [0.2, 0.25) is 0 Å². The highest BCUT2D eigenvalue weighted by Gasteiger charge is 2.06. The van der Waals surface area contributed by atoms with Gasteiger partial charge < -0.3 is 4.90 Å². The molecule has 2 nitrogen and oxygen atoms in total. The summed E-state index contributed by atoms with van der Waals surface area (Å²) in [4.78, 5) is 2.22. The molecule has 0 aliphatic heterocycles. The zero-order chi connectivity index (χ0) is 8.69. The molecular weight excluding hydrogens is 156 g/mol. The first-order valence-corrected chi connectivity index (χ1v) is 5.18. The third-order valence-corrected chi connectivity index (χ3v) is 2.55. The minimum absolute atomic E-state index is 0.582. The number of hydrogen-bond donors (Lipinski definition) is 0. The molecule has 0 heterocycles. The second kappa shape index (κ2) is 6.51. The maximum absolute atomic E-state index is 8.34. The second-order valence-corrected chi connectivity index (χ2v) is 3.60. The molecule has 0 aromatic carbocycles. The quantitative estimate of drug-likeness (QED) is 0.630. The highest BCUT2D eigenvalue weighted by molar-refractivity contribution is 7.98. The van der Waals surface area contributed by atoms with Crippen LogP contribution >= 0.6 is 11.8 Å². The van der Waals surface area contributed by atoms with Crippen LogP contribution in [0, 0.1) is 11.3 Å². The fraction of sp³-hybridized carbons (Fsp3) is 0.875. The lowest BCUT2D eigenvalue weighted by molar-refractivity contribution is 0.284. The van der Waals surface area contributed by atoms with E-state index in [1.807, 2.05) is 11.8 Å². The molecule has 0 aliphatic rings. The van der Waals surface area contributed by atoms with Gasteiger partial charge in [0.1, 0.15) is 0 Å². The summed E-state index contributed by atoms with van der Waals surface area (Å²) in [6.07, 6.45) is 2.74. The minimum atomic E-state index is 0.582. The Balaban J connectivity index is 3.47. The summed E-state index contributed by atoms with van der Waals surface area (Å²) in [5.74, 6) is 1.14. The average Bonchev–Trinajstić information content (AvgIpc) is 2.00. The van der Waals surface area contributed by atoms with E-state index in [1.54, 1.807) is 0 Å². The predicted octanol–water partition coefficient (Wildman–Crippen LogP) is 1.58. The largest absolute Gasteiger partial charge is 0.302 e. The van der Waals surface area contributed by atoms with Crippen LogP contribution in [0.4, 0.5) is 0 Å². The fourth-order valence-corrected chi connectivity index (χ4v) is 1.55. The minimum Gasteiger partial charge on any atom is -0.302 e. The zero-order valence-corrected chi connectivity index (χ0v) is 8.32. The van der Waals surface area contributed by atoms with Gasteiger partial charge in [-0.1, -0.05) is 0 Å². The molecule has 1 unspecified atom stereocenters. The van der Waals surface area contributed by atoms with Gasteiger partial charge in [0.15, 0.2) is 0 Å². The van der Waals surface area contributed by atoms with Gasteiger partial charge in [0.05, 0.1) is 6.07 Å². The van der Waals surface area contributed by atoms with Crippen molar-refractivity contribution in [1.82, 2.24) is 4.90 Å². The Morgan fingerprint density at radius 2 is 2.27 bits per heavy atom. The van der Waals surface area contributed by atoms with E-state index in [9.17, 15) is 0 Å². The van der Waals surface area contributed by atoms with Crippen LogP contribution < -0.4 is 0 Å². The van der Waals surface area contributed by atoms with Crippen molar-refractivity contribution in [3.05, 3.63) is 0 Å². The Kier molecular flexibility index (Phi) is 6.39. The fourth-order valence-electron chi connectivity index (χ4n) is 0.815. The number of nitriles is 1. The molecule has 0 N–H and O–H groups in total. The lowest BCUT2D eigenvalue weighted by Gasteiger charge is -2.22. The number of hydrogen-bond acceptors (Lipinski definition) is 3. The molecule has 1 atom stereocenters. The van der Waals surface area contributed by atoms with Gasteiger partial charge in [-0.25, -0.2) is 0 Å². The predicted molar refractivity (Wildman–Crippen MR) is 50.7 cm³/mol. The van der Waals surface area contributed by atoms with Crippen LogP contribution in [0.15, 0.2) is 0 Å². The van der Waals surface area contributed by atoms with Crippen molar-refractivity contribution < 1.29 is 0 Å². The van der Waals surface area contributed by atoms with E-state index >= 15 is 0 Å². The average molecular weight is 172 g/mol. The van der Waals surface area contributed by atoms with Crippen molar-refractivity contribution in [1.29, 1.82) is 5.26 Å². The van der Waals surface area contributed by atoms with E-state index in [2.05, 4.69) is 31.2 Å². The van der Waals surface area contributed by atoms with Crippen LogP contribution in [0.25, 0.3) is 0 Å². The molecule has 0 aromatic heterocycles. The third kappa shape index (κ3) is 5.11. The molecule has 0 radical (unpaired) electrons. The van der Waals surface area contributed by atoms with Gasteiger partial charge in [-0.3, -0.25) is 0 Å². The van der Waals surface area contributed by atoms with Gasteiger partial charge in [-0.15, -0.1) is 0 Å². The maximum Gasteiger partial charge on any atom is 0.0635 e. The van der Waals surface area contributed by atoms with E-state index in [0.717, 1.165) is 12.3 Å². The standard InChI is InChI=1S/C8H16N2S/c1-8(7-11-3)10(2)6-4-5-9/h8H,4,6-7H2,1-3H3. The van der Waals surface area contributed by atoms with Gasteiger partial charge in [-0.05, 0) is 20.2 Å². The van der Waals surface area contributed by atoms with Crippen molar-refractivity contribution in [3.63, 3.8) is 0 Å². The lowest BCUT2D eigenvalue weighted by Crippen LogP contribution is -2.31. The van der Waals surface area contributed by atoms with Gasteiger partial charge in [-0.2, -0.15) is 17.0 Å². The highest BCUT2D eigenvalue weighted by Crippen LogP contribution is 2.03. The van der Waals surface area contributed by atoms with E-state index in [4.69, 9.17) is 5.26 Å². The normalized spacial score (nSPS) is 13.0. The van der Waals surface area contributed by atoms with E-state index in [-0.39, 0.29) is 0 Å². The zero-order valence-electron chi connectivity index (χ0n) is 7.50. The molecule has 64 valence electrons. The molecule has 0 saturated heterocycles. The van der Waals surface area contributed by atoms with Crippen molar-refractivity contribution in [2.45, 2.75) is 19.4 Å². The Labute approximate surface area is 73.6 Å². The first-order valence-electron chi connectivity index (χ1n) is 3.78. The third-order valence-electron chi connectivity index (χ3n) is 1.74. The van der Waals surface area contributed by atoms with Gasteiger partial charge >= 0.3 is 0 Å². The molecule has 11 heavy (non-hydrogen) atoms. The smallest absolute Gasteiger partial charge is 0.0635 e. The Morgan fingerprint density at radius 3 is 2.73 bits per heavy atom. The number of thioether (sulfide) groups is 1. The molecule has 0 aromatic rings. The van der Waals surface area contributed by atoms with Crippen LogP contribution in [0.3, 0.4) is 0 Å². The molecule has 3 heteroatoms.